The summed E-state index contributed by atoms with van der Waals surface area (Å²) in [5.41, 5.74) is 0.966. The van der Waals surface area contributed by atoms with Gasteiger partial charge in [0.1, 0.15) is 11.5 Å². The maximum absolute atomic E-state index is 12.7. The van der Waals surface area contributed by atoms with Crippen LogP contribution >= 0.6 is 11.6 Å². The minimum atomic E-state index is -0.153. The number of methoxy groups -OCH3 is 1. The highest BCUT2D eigenvalue weighted by Crippen LogP contribution is 2.29. The van der Waals surface area contributed by atoms with Crippen LogP contribution in [-0.2, 0) is 0 Å². The van der Waals surface area contributed by atoms with E-state index in [4.69, 9.17) is 21.1 Å². The molecule has 0 atom stereocenters. The van der Waals surface area contributed by atoms with Gasteiger partial charge >= 0.3 is 0 Å². The lowest BCUT2D eigenvalue weighted by Crippen LogP contribution is -2.11. The maximum atomic E-state index is 12.7. The molecule has 110 valence electrons. The van der Waals surface area contributed by atoms with Crippen molar-refractivity contribution >= 4 is 17.4 Å². The number of carbonyl (C=O) groups excluding carboxylic acids is 1. The molecule has 0 spiro atoms. The summed E-state index contributed by atoms with van der Waals surface area (Å²) in [5, 5.41) is 0.523. The molecule has 2 rings (SSSR count). The van der Waals surface area contributed by atoms with E-state index in [9.17, 15) is 4.79 Å². The second-order valence-electron chi connectivity index (χ2n) is 4.84. The lowest BCUT2D eigenvalue weighted by molar-refractivity contribution is 0.103. The molecule has 0 aliphatic rings. The molecule has 0 bridgehead atoms. The summed E-state index contributed by atoms with van der Waals surface area (Å²) in [6, 6.07) is 12.1. The Morgan fingerprint density at radius 1 is 1.05 bits per heavy atom. The van der Waals surface area contributed by atoms with E-state index in [0.717, 1.165) is 0 Å². The summed E-state index contributed by atoms with van der Waals surface area (Å²) in [4.78, 5) is 12.7. The fourth-order valence-corrected chi connectivity index (χ4v) is 2.17. The Morgan fingerprint density at radius 3 is 2.38 bits per heavy atom. The highest BCUT2D eigenvalue weighted by Gasteiger charge is 2.19. The molecule has 21 heavy (non-hydrogen) atoms. The molecular formula is C17H17ClO3. The first kappa shape index (κ1) is 15.4. The van der Waals surface area contributed by atoms with Crippen LogP contribution in [0, 0.1) is 0 Å². The van der Waals surface area contributed by atoms with Crippen molar-refractivity contribution in [3.05, 3.63) is 58.6 Å². The van der Waals surface area contributed by atoms with Gasteiger partial charge in [0.25, 0.3) is 0 Å². The molecule has 0 fully saturated rings. The summed E-state index contributed by atoms with van der Waals surface area (Å²) < 4.78 is 10.9. The lowest BCUT2D eigenvalue weighted by Gasteiger charge is -2.14. The zero-order chi connectivity index (χ0) is 15.4. The first-order chi connectivity index (χ1) is 10.0. The molecular weight excluding hydrogens is 288 g/mol. The molecule has 0 aromatic heterocycles. The van der Waals surface area contributed by atoms with Crippen molar-refractivity contribution in [2.24, 2.45) is 0 Å². The van der Waals surface area contributed by atoms with Gasteiger partial charge in [-0.05, 0) is 44.2 Å². The molecule has 0 heterocycles. The van der Waals surface area contributed by atoms with Crippen LogP contribution in [0.5, 0.6) is 11.5 Å². The Hall–Kier alpha value is -2.00. The molecule has 0 radical (unpaired) electrons. The predicted octanol–water partition coefficient (Wildman–Crippen LogP) is 4.37. The molecule has 0 aliphatic carbocycles. The standard InChI is InChI=1S/C17H17ClO3/c1-11(2)21-15-7-5-4-6-13(15)17(19)14-9-8-12(18)10-16(14)20-3/h4-11H,1-3H3. The Kier molecular flexibility index (Phi) is 4.86. The third-order valence-electron chi connectivity index (χ3n) is 2.90. The largest absolute Gasteiger partial charge is 0.496 e. The highest BCUT2D eigenvalue weighted by atomic mass is 35.5. The predicted molar refractivity (Wildman–Crippen MR) is 83.6 cm³/mol. The Morgan fingerprint density at radius 2 is 1.71 bits per heavy atom. The van der Waals surface area contributed by atoms with Crippen LogP contribution in [-0.4, -0.2) is 19.0 Å². The number of hydrogen-bond donors (Lipinski definition) is 0. The van der Waals surface area contributed by atoms with Gasteiger partial charge in [0.15, 0.2) is 5.78 Å². The van der Waals surface area contributed by atoms with Gasteiger partial charge in [0, 0.05) is 5.02 Å². The van der Waals surface area contributed by atoms with Crippen LogP contribution < -0.4 is 9.47 Å². The van der Waals surface area contributed by atoms with Gasteiger partial charge in [-0.15, -0.1) is 0 Å². The van der Waals surface area contributed by atoms with Gasteiger partial charge in [-0.2, -0.15) is 0 Å². The zero-order valence-corrected chi connectivity index (χ0v) is 13.0. The highest BCUT2D eigenvalue weighted by molar-refractivity contribution is 6.31. The number of para-hydroxylation sites is 1. The van der Waals surface area contributed by atoms with Gasteiger partial charge in [-0.1, -0.05) is 23.7 Å². The lowest BCUT2D eigenvalue weighted by atomic mass is 10.0. The SMILES string of the molecule is COc1cc(Cl)ccc1C(=O)c1ccccc1OC(C)C. The third-order valence-corrected chi connectivity index (χ3v) is 3.14. The summed E-state index contributed by atoms with van der Waals surface area (Å²) in [7, 11) is 1.51. The molecule has 2 aromatic carbocycles. The average Bonchev–Trinajstić information content (AvgIpc) is 2.46. The Labute approximate surface area is 129 Å². The first-order valence-corrected chi connectivity index (χ1v) is 7.04. The van der Waals surface area contributed by atoms with Crippen molar-refractivity contribution in [3.8, 4) is 11.5 Å². The van der Waals surface area contributed by atoms with Crippen LogP contribution in [0.1, 0.15) is 29.8 Å². The van der Waals surface area contributed by atoms with Crippen molar-refractivity contribution < 1.29 is 14.3 Å². The number of ketones is 1. The average molecular weight is 305 g/mol. The fraction of sp³-hybridized carbons (Fsp3) is 0.235. The number of benzene rings is 2. The van der Waals surface area contributed by atoms with Gasteiger partial charge in [-0.25, -0.2) is 0 Å². The van der Waals surface area contributed by atoms with Crippen molar-refractivity contribution in [2.45, 2.75) is 20.0 Å². The van der Waals surface area contributed by atoms with E-state index in [-0.39, 0.29) is 11.9 Å². The zero-order valence-electron chi connectivity index (χ0n) is 12.2. The molecule has 0 aliphatic heterocycles. The minimum Gasteiger partial charge on any atom is -0.496 e. The topological polar surface area (TPSA) is 35.5 Å². The van der Waals surface area contributed by atoms with Crippen molar-refractivity contribution in [1.29, 1.82) is 0 Å². The number of rotatable bonds is 5. The van der Waals surface area contributed by atoms with Gasteiger partial charge < -0.3 is 9.47 Å². The number of carbonyl (C=O) groups is 1. The van der Waals surface area contributed by atoms with E-state index in [2.05, 4.69) is 0 Å². The number of hydrogen-bond acceptors (Lipinski definition) is 3. The van der Waals surface area contributed by atoms with E-state index in [1.54, 1.807) is 30.3 Å². The Bertz CT molecular complexity index is 650. The van der Waals surface area contributed by atoms with Gasteiger partial charge in [-0.3, -0.25) is 4.79 Å². The maximum Gasteiger partial charge on any atom is 0.200 e. The molecule has 0 saturated carbocycles. The first-order valence-electron chi connectivity index (χ1n) is 6.67. The van der Waals surface area contributed by atoms with E-state index in [1.807, 2.05) is 26.0 Å². The molecule has 0 unspecified atom stereocenters. The molecule has 3 nitrogen and oxygen atoms in total. The van der Waals surface area contributed by atoms with Crippen LogP contribution in [0.15, 0.2) is 42.5 Å². The quantitative estimate of drug-likeness (QED) is 0.770. The molecule has 0 N–H and O–H groups in total. The van der Waals surface area contributed by atoms with E-state index in [0.29, 0.717) is 27.6 Å². The van der Waals surface area contributed by atoms with E-state index >= 15 is 0 Å². The van der Waals surface area contributed by atoms with Crippen molar-refractivity contribution in [1.82, 2.24) is 0 Å². The van der Waals surface area contributed by atoms with Crippen LogP contribution in [0.2, 0.25) is 5.02 Å². The Balaban J connectivity index is 2.45. The minimum absolute atomic E-state index is 0.00827. The number of halogens is 1. The van der Waals surface area contributed by atoms with Crippen LogP contribution in [0.4, 0.5) is 0 Å². The second kappa shape index (κ2) is 6.64. The summed E-state index contributed by atoms with van der Waals surface area (Å²) >= 11 is 5.93. The van der Waals surface area contributed by atoms with Crippen molar-refractivity contribution in [2.75, 3.05) is 7.11 Å². The second-order valence-corrected chi connectivity index (χ2v) is 5.27. The fourth-order valence-electron chi connectivity index (χ4n) is 2.01. The molecule has 2 aromatic rings. The number of ether oxygens (including phenoxy) is 2. The van der Waals surface area contributed by atoms with Gasteiger partial charge in [0.2, 0.25) is 0 Å². The normalized spacial score (nSPS) is 10.5. The monoisotopic (exact) mass is 304 g/mol. The van der Waals surface area contributed by atoms with E-state index < -0.39 is 0 Å². The van der Waals surface area contributed by atoms with Crippen LogP contribution in [0.25, 0.3) is 0 Å². The molecule has 0 saturated heterocycles. The molecule has 0 amide bonds. The summed E-state index contributed by atoms with van der Waals surface area (Å²) in [5.74, 6) is 0.862. The third kappa shape index (κ3) is 3.56. The smallest absolute Gasteiger partial charge is 0.200 e. The summed E-state index contributed by atoms with van der Waals surface area (Å²) in [6.07, 6.45) is -0.00827. The van der Waals surface area contributed by atoms with Crippen LogP contribution in [0.3, 0.4) is 0 Å². The van der Waals surface area contributed by atoms with Gasteiger partial charge in [0.05, 0.1) is 24.3 Å². The van der Waals surface area contributed by atoms with E-state index in [1.165, 1.54) is 7.11 Å². The summed E-state index contributed by atoms with van der Waals surface area (Å²) in [6.45, 7) is 3.84. The van der Waals surface area contributed by atoms with Crippen molar-refractivity contribution in [3.63, 3.8) is 0 Å². The molecule has 4 heteroatoms.